The zero-order chi connectivity index (χ0) is 23.3. The van der Waals surface area contributed by atoms with Gasteiger partial charge in [0.1, 0.15) is 11.1 Å². The van der Waals surface area contributed by atoms with Gasteiger partial charge >= 0.3 is 5.69 Å². The number of nitrogens with zero attached hydrogens (tertiary/aromatic N) is 3. The van der Waals surface area contributed by atoms with E-state index in [1.807, 2.05) is 0 Å². The Hall–Kier alpha value is -2.09. The molecule has 0 fully saturated rings. The summed E-state index contributed by atoms with van der Waals surface area (Å²) in [4.78, 5) is 25.8. The smallest absolute Gasteiger partial charge is 0.343 e. The van der Waals surface area contributed by atoms with Gasteiger partial charge in [-0.3, -0.25) is 9.36 Å². The number of nitriles is 1. The number of methoxy groups -OCH3 is 1. The lowest BCUT2D eigenvalue weighted by Gasteiger charge is -2.36. The van der Waals surface area contributed by atoms with Crippen molar-refractivity contribution >= 4 is 34.0 Å². The SMILES string of the molecule is CCC(C)(C)C1CCc2c(sc(NC(=O)CSc3n[nH]c(=O)n3CCCOC)c2C#N)C1. The van der Waals surface area contributed by atoms with E-state index in [0.717, 1.165) is 31.2 Å². The average Bonchev–Trinajstić information content (AvgIpc) is 3.31. The second-order valence-corrected chi connectivity index (χ2v) is 10.8. The second-order valence-electron chi connectivity index (χ2n) is 8.75. The molecule has 0 radical (unpaired) electrons. The number of thiophene rings is 1. The molecule has 0 aromatic carbocycles. The highest BCUT2D eigenvalue weighted by Crippen LogP contribution is 2.45. The Morgan fingerprint density at radius 3 is 2.97 bits per heavy atom. The molecule has 32 heavy (non-hydrogen) atoms. The largest absolute Gasteiger partial charge is 0.385 e. The minimum Gasteiger partial charge on any atom is -0.385 e. The Labute approximate surface area is 196 Å². The van der Waals surface area contributed by atoms with Gasteiger partial charge in [-0.1, -0.05) is 39.0 Å². The fourth-order valence-corrected chi connectivity index (χ4v) is 6.08. The van der Waals surface area contributed by atoms with E-state index in [1.165, 1.54) is 32.5 Å². The molecule has 1 unspecified atom stereocenters. The standard InChI is InChI=1S/C22H31N5O3S2/c1-5-22(2,3)14-7-8-15-16(12-23)19(32-17(15)11-14)24-18(28)13-31-21-26-25-20(29)27(21)9-6-10-30-4/h14H,5-11,13H2,1-4H3,(H,24,28)(H,25,29). The number of carbonyl (C=O) groups is 1. The number of rotatable bonds is 10. The quantitative estimate of drug-likeness (QED) is 0.397. The maximum absolute atomic E-state index is 12.6. The van der Waals surface area contributed by atoms with Crippen LogP contribution in [-0.2, 0) is 28.9 Å². The molecule has 8 nitrogen and oxygen atoms in total. The Kier molecular flexibility index (Phi) is 8.20. The van der Waals surface area contributed by atoms with E-state index < -0.39 is 0 Å². The normalized spacial score (nSPS) is 15.9. The number of hydrogen-bond acceptors (Lipinski definition) is 7. The first kappa shape index (κ1) is 24.6. The van der Waals surface area contributed by atoms with Crippen LogP contribution in [0.25, 0.3) is 0 Å². The van der Waals surface area contributed by atoms with Gasteiger partial charge in [0.05, 0.1) is 11.3 Å². The lowest BCUT2D eigenvalue weighted by molar-refractivity contribution is -0.113. The topological polar surface area (TPSA) is 113 Å². The molecule has 1 aliphatic carbocycles. The molecule has 0 saturated carbocycles. The third-order valence-corrected chi connectivity index (χ3v) is 8.58. The van der Waals surface area contributed by atoms with Gasteiger partial charge in [0.25, 0.3) is 0 Å². The number of carbonyl (C=O) groups excluding carboxylic acids is 1. The Morgan fingerprint density at radius 1 is 1.50 bits per heavy atom. The van der Waals surface area contributed by atoms with E-state index in [-0.39, 0.29) is 22.8 Å². The highest BCUT2D eigenvalue weighted by molar-refractivity contribution is 7.99. The van der Waals surface area contributed by atoms with Crippen molar-refractivity contribution in [3.63, 3.8) is 0 Å². The van der Waals surface area contributed by atoms with Crippen molar-refractivity contribution in [2.75, 3.05) is 24.8 Å². The first-order chi connectivity index (χ1) is 15.3. The van der Waals surface area contributed by atoms with Gasteiger partial charge in [-0.25, -0.2) is 9.89 Å². The molecule has 1 amide bonds. The minimum atomic E-state index is -0.300. The van der Waals surface area contributed by atoms with Crippen molar-refractivity contribution in [1.82, 2.24) is 14.8 Å². The van der Waals surface area contributed by atoms with Gasteiger partial charge in [-0.05, 0) is 42.6 Å². The first-order valence-corrected chi connectivity index (χ1v) is 12.7. The summed E-state index contributed by atoms with van der Waals surface area (Å²) in [6.07, 6.45) is 4.71. The summed E-state index contributed by atoms with van der Waals surface area (Å²) in [7, 11) is 1.61. The number of aromatic amines is 1. The van der Waals surface area contributed by atoms with Crippen LogP contribution in [0.3, 0.4) is 0 Å². The van der Waals surface area contributed by atoms with Crippen molar-refractivity contribution in [2.45, 2.75) is 64.6 Å². The van der Waals surface area contributed by atoms with Gasteiger partial charge in [0, 0.05) is 25.1 Å². The minimum absolute atomic E-state index is 0.105. The maximum atomic E-state index is 12.6. The highest BCUT2D eigenvalue weighted by Gasteiger charge is 2.34. The number of aromatic nitrogens is 3. The number of hydrogen-bond donors (Lipinski definition) is 2. The number of ether oxygens (including phenoxy) is 1. The molecule has 174 valence electrons. The molecular formula is C22H31N5O3S2. The molecule has 1 atom stereocenters. The molecule has 0 saturated heterocycles. The zero-order valence-corrected chi connectivity index (χ0v) is 20.8. The molecule has 10 heteroatoms. The number of amides is 1. The summed E-state index contributed by atoms with van der Waals surface area (Å²) in [5, 5.41) is 20.2. The average molecular weight is 478 g/mol. The van der Waals surface area contributed by atoms with Gasteiger partial charge in [0.15, 0.2) is 5.16 Å². The number of H-pyrrole nitrogens is 1. The molecule has 0 spiro atoms. The van der Waals surface area contributed by atoms with Crippen LogP contribution in [0, 0.1) is 22.7 Å². The van der Waals surface area contributed by atoms with Gasteiger partial charge in [0.2, 0.25) is 5.91 Å². The summed E-state index contributed by atoms with van der Waals surface area (Å²) < 4.78 is 6.54. The van der Waals surface area contributed by atoms with E-state index >= 15 is 0 Å². The van der Waals surface area contributed by atoms with Crippen LogP contribution in [0.15, 0.2) is 9.95 Å². The predicted molar refractivity (Wildman–Crippen MR) is 127 cm³/mol. The van der Waals surface area contributed by atoms with Crippen LogP contribution in [-0.4, -0.2) is 40.1 Å². The summed E-state index contributed by atoms with van der Waals surface area (Å²) in [6, 6.07) is 2.31. The molecule has 2 heterocycles. The number of thioether (sulfide) groups is 1. The molecule has 2 aromatic rings. The van der Waals surface area contributed by atoms with Crippen LogP contribution in [0.2, 0.25) is 0 Å². The number of nitrogens with one attached hydrogen (secondary N) is 2. The van der Waals surface area contributed by atoms with E-state index in [2.05, 4.69) is 42.4 Å². The molecule has 3 rings (SSSR count). The lowest BCUT2D eigenvalue weighted by atomic mass is 9.69. The number of fused-ring (bicyclic) bond motifs is 1. The molecule has 1 aliphatic rings. The van der Waals surface area contributed by atoms with Crippen molar-refractivity contribution in [2.24, 2.45) is 11.3 Å². The van der Waals surface area contributed by atoms with Gasteiger partial charge < -0.3 is 10.1 Å². The van der Waals surface area contributed by atoms with E-state index in [0.29, 0.717) is 41.2 Å². The summed E-state index contributed by atoms with van der Waals surface area (Å²) >= 11 is 2.73. The van der Waals surface area contributed by atoms with Crippen LogP contribution in [0.4, 0.5) is 5.00 Å². The lowest BCUT2D eigenvalue weighted by Crippen LogP contribution is -2.28. The van der Waals surface area contributed by atoms with E-state index in [4.69, 9.17) is 4.74 Å². The summed E-state index contributed by atoms with van der Waals surface area (Å²) in [5.41, 5.74) is 1.67. The third-order valence-electron chi connectivity index (χ3n) is 6.43. The van der Waals surface area contributed by atoms with Crippen LogP contribution in [0.5, 0.6) is 0 Å². The predicted octanol–water partition coefficient (Wildman–Crippen LogP) is 3.81. The monoisotopic (exact) mass is 477 g/mol. The van der Waals surface area contributed by atoms with Gasteiger partial charge in [-0.2, -0.15) is 5.26 Å². The summed E-state index contributed by atoms with van der Waals surface area (Å²) in [6.45, 7) is 7.86. The fourth-order valence-electron chi connectivity index (χ4n) is 4.02. The van der Waals surface area contributed by atoms with Crippen molar-refractivity contribution in [3.05, 3.63) is 26.5 Å². The highest BCUT2D eigenvalue weighted by atomic mass is 32.2. The fraction of sp³-hybridized carbons (Fsp3) is 0.636. The first-order valence-electron chi connectivity index (χ1n) is 10.9. The van der Waals surface area contributed by atoms with E-state index in [1.54, 1.807) is 7.11 Å². The second kappa shape index (κ2) is 10.7. The van der Waals surface area contributed by atoms with E-state index in [9.17, 15) is 14.9 Å². The Balaban J connectivity index is 1.66. The summed E-state index contributed by atoms with van der Waals surface area (Å²) in [5.74, 6) is 0.473. The molecule has 0 bridgehead atoms. The molecule has 2 aromatic heterocycles. The van der Waals surface area contributed by atoms with Crippen LogP contribution < -0.4 is 11.0 Å². The molecule has 2 N–H and O–H groups in total. The van der Waals surface area contributed by atoms with Crippen LogP contribution >= 0.6 is 23.1 Å². The molecule has 0 aliphatic heterocycles. The third kappa shape index (κ3) is 5.45. The maximum Gasteiger partial charge on any atom is 0.343 e. The number of anilines is 1. The Bertz CT molecular complexity index is 1050. The molecular weight excluding hydrogens is 446 g/mol. The van der Waals surface area contributed by atoms with Crippen molar-refractivity contribution in [3.8, 4) is 6.07 Å². The van der Waals surface area contributed by atoms with Crippen molar-refractivity contribution in [1.29, 1.82) is 5.26 Å². The van der Waals surface area contributed by atoms with Gasteiger partial charge in [-0.15, -0.1) is 16.4 Å². The zero-order valence-electron chi connectivity index (χ0n) is 19.1. The Morgan fingerprint density at radius 2 is 2.28 bits per heavy atom. The van der Waals surface area contributed by atoms with Crippen LogP contribution in [0.1, 0.15) is 56.0 Å². The van der Waals surface area contributed by atoms with Crippen molar-refractivity contribution < 1.29 is 9.53 Å².